The fourth-order valence-electron chi connectivity index (χ4n) is 2.29. The van der Waals surface area contributed by atoms with Crippen LogP contribution >= 0.6 is 15.9 Å². The molecule has 2 N–H and O–H groups in total. The summed E-state index contributed by atoms with van der Waals surface area (Å²) in [6, 6.07) is 5.12. The van der Waals surface area contributed by atoms with Crippen LogP contribution in [0.25, 0.3) is 0 Å². The summed E-state index contributed by atoms with van der Waals surface area (Å²) in [6.07, 6.45) is -4.14. The smallest absolute Gasteiger partial charge is 0.324 e. The molecule has 0 aliphatic heterocycles. The predicted molar refractivity (Wildman–Crippen MR) is 77.7 cm³/mol. The van der Waals surface area contributed by atoms with Crippen molar-refractivity contribution in [2.45, 2.75) is 25.6 Å². The maximum absolute atomic E-state index is 13.1. The lowest BCUT2D eigenvalue weighted by Crippen LogP contribution is -2.20. The van der Waals surface area contributed by atoms with Gasteiger partial charge in [0.25, 0.3) is 0 Å². The molecule has 1 aromatic carbocycles. The third-order valence-electron chi connectivity index (χ3n) is 3.25. The third kappa shape index (κ3) is 3.65. The van der Waals surface area contributed by atoms with Crippen LogP contribution in [-0.4, -0.2) is 9.78 Å². The summed E-state index contributed by atoms with van der Waals surface area (Å²) in [6.45, 7) is 1.83. The van der Waals surface area contributed by atoms with Gasteiger partial charge in [-0.1, -0.05) is 22.0 Å². The SMILES string of the molecule is Cc1cc(CC(N)c2ccc(Br)cc2C(F)(F)F)n(C)n1. The molecule has 0 spiro atoms. The van der Waals surface area contributed by atoms with E-state index in [1.807, 2.05) is 13.0 Å². The van der Waals surface area contributed by atoms with E-state index in [9.17, 15) is 13.2 Å². The zero-order valence-electron chi connectivity index (χ0n) is 11.6. The standard InChI is InChI=1S/C14H15BrF3N3/c1-8-5-10(21(2)20-8)7-13(19)11-4-3-9(15)6-12(11)14(16,17)18/h3-6,13H,7,19H2,1-2H3. The predicted octanol–water partition coefficient (Wildman–Crippen LogP) is 3.75. The molecule has 1 aromatic heterocycles. The fourth-order valence-corrected chi connectivity index (χ4v) is 2.65. The number of hydrogen-bond acceptors (Lipinski definition) is 2. The van der Waals surface area contributed by atoms with Gasteiger partial charge in [-0.05, 0) is 30.7 Å². The molecule has 0 aliphatic carbocycles. The van der Waals surface area contributed by atoms with Crippen molar-refractivity contribution in [2.75, 3.05) is 0 Å². The maximum atomic E-state index is 13.1. The lowest BCUT2D eigenvalue weighted by Gasteiger charge is -2.18. The van der Waals surface area contributed by atoms with Crippen molar-refractivity contribution < 1.29 is 13.2 Å². The number of halogens is 4. The lowest BCUT2D eigenvalue weighted by atomic mass is 9.97. The van der Waals surface area contributed by atoms with Gasteiger partial charge in [-0.15, -0.1) is 0 Å². The molecule has 0 amide bonds. The van der Waals surface area contributed by atoms with E-state index >= 15 is 0 Å². The first-order valence-corrected chi connectivity index (χ1v) is 7.09. The Bertz CT molecular complexity index is 649. The first-order valence-electron chi connectivity index (χ1n) is 6.30. The number of benzene rings is 1. The summed E-state index contributed by atoms with van der Waals surface area (Å²) in [5.74, 6) is 0. The average molecular weight is 362 g/mol. The number of aryl methyl sites for hydroxylation is 2. The van der Waals surface area contributed by atoms with E-state index in [-0.39, 0.29) is 5.56 Å². The van der Waals surface area contributed by atoms with Crippen LogP contribution in [0, 0.1) is 6.92 Å². The Morgan fingerprint density at radius 1 is 1.33 bits per heavy atom. The first kappa shape index (κ1) is 16.0. The Morgan fingerprint density at radius 3 is 2.52 bits per heavy atom. The summed E-state index contributed by atoms with van der Waals surface area (Å²) in [5.41, 5.74) is 6.99. The molecule has 1 atom stereocenters. The van der Waals surface area contributed by atoms with Crippen LogP contribution in [0.1, 0.15) is 28.6 Å². The van der Waals surface area contributed by atoms with Crippen LogP contribution < -0.4 is 5.73 Å². The van der Waals surface area contributed by atoms with E-state index in [2.05, 4.69) is 21.0 Å². The van der Waals surface area contributed by atoms with Crippen LogP contribution in [0.5, 0.6) is 0 Å². The molecule has 0 aliphatic rings. The van der Waals surface area contributed by atoms with Crippen molar-refractivity contribution in [3.05, 3.63) is 51.3 Å². The van der Waals surface area contributed by atoms with Crippen LogP contribution in [0.2, 0.25) is 0 Å². The second-order valence-electron chi connectivity index (χ2n) is 4.94. The van der Waals surface area contributed by atoms with E-state index in [1.165, 1.54) is 6.07 Å². The molecule has 1 unspecified atom stereocenters. The second-order valence-corrected chi connectivity index (χ2v) is 5.86. The Balaban J connectivity index is 2.35. The fraction of sp³-hybridized carbons (Fsp3) is 0.357. The van der Waals surface area contributed by atoms with E-state index in [4.69, 9.17) is 5.73 Å². The molecule has 21 heavy (non-hydrogen) atoms. The minimum atomic E-state index is -4.43. The maximum Gasteiger partial charge on any atom is 0.416 e. The zero-order valence-corrected chi connectivity index (χ0v) is 13.2. The van der Waals surface area contributed by atoms with Gasteiger partial charge in [0, 0.05) is 29.7 Å². The first-order chi connectivity index (χ1) is 9.68. The third-order valence-corrected chi connectivity index (χ3v) is 3.74. The van der Waals surface area contributed by atoms with Gasteiger partial charge < -0.3 is 5.73 Å². The average Bonchev–Trinajstić information content (AvgIpc) is 2.66. The molecule has 1 heterocycles. The minimum Gasteiger partial charge on any atom is -0.324 e. The molecule has 0 radical (unpaired) electrons. The van der Waals surface area contributed by atoms with Gasteiger partial charge in [0.15, 0.2) is 0 Å². The van der Waals surface area contributed by atoms with Gasteiger partial charge in [-0.25, -0.2) is 0 Å². The summed E-state index contributed by atoms with van der Waals surface area (Å²) < 4.78 is 41.4. The minimum absolute atomic E-state index is 0.0875. The van der Waals surface area contributed by atoms with Crippen molar-refractivity contribution in [3.8, 4) is 0 Å². The number of nitrogens with zero attached hydrogens (tertiary/aromatic N) is 2. The normalized spacial score (nSPS) is 13.5. The van der Waals surface area contributed by atoms with E-state index < -0.39 is 17.8 Å². The van der Waals surface area contributed by atoms with Crippen molar-refractivity contribution in [1.29, 1.82) is 0 Å². The highest BCUT2D eigenvalue weighted by atomic mass is 79.9. The molecular formula is C14H15BrF3N3. The Kier molecular flexibility index (Phi) is 4.43. The molecular weight excluding hydrogens is 347 g/mol. The molecule has 0 saturated carbocycles. The van der Waals surface area contributed by atoms with Crippen molar-refractivity contribution in [1.82, 2.24) is 9.78 Å². The molecule has 3 nitrogen and oxygen atoms in total. The van der Waals surface area contributed by atoms with Gasteiger partial charge in [0.2, 0.25) is 0 Å². The Hall–Kier alpha value is -1.34. The van der Waals surface area contributed by atoms with E-state index in [0.717, 1.165) is 17.5 Å². The van der Waals surface area contributed by atoms with Gasteiger partial charge in [-0.3, -0.25) is 4.68 Å². The lowest BCUT2D eigenvalue weighted by molar-refractivity contribution is -0.138. The van der Waals surface area contributed by atoms with Crippen LogP contribution in [0.4, 0.5) is 13.2 Å². The number of aromatic nitrogens is 2. The molecule has 0 saturated heterocycles. The summed E-state index contributed by atoms with van der Waals surface area (Å²) in [7, 11) is 1.75. The zero-order chi connectivity index (χ0) is 15.8. The number of alkyl halides is 3. The molecule has 0 fully saturated rings. The molecule has 7 heteroatoms. The van der Waals surface area contributed by atoms with E-state index in [1.54, 1.807) is 17.8 Å². The highest BCUT2D eigenvalue weighted by molar-refractivity contribution is 9.10. The van der Waals surface area contributed by atoms with Gasteiger partial charge in [0.1, 0.15) is 0 Å². The number of nitrogens with two attached hydrogens (primary N) is 1. The number of rotatable bonds is 3. The second kappa shape index (κ2) is 5.81. The molecule has 2 aromatic rings. The number of hydrogen-bond donors (Lipinski definition) is 1. The summed E-state index contributed by atoms with van der Waals surface area (Å²) in [5, 5.41) is 4.17. The summed E-state index contributed by atoms with van der Waals surface area (Å²) >= 11 is 3.06. The topological polar surface area (TPSA) is 43.8 Å². The van der Waals surface area contributed by atoms with Gasteiger partial charge >= 0.3 is 6.18 Å². The van der Waals surface area contributed by atoms with Crippen molar-refractivity contribution in [2.24, 2.45) is 12.8 Å². The summed E-state index contributed by atoms with van der Waals surface area (Å²) in [4.78, 5) is 0. The highest BCUT2D eigenvalue weighted by Crippen LogP contribution is 2.36. The van der Waals surface area contributed by atoms with Crippen LogP contribution in [-0.2, 0) is 19.6 Å². The largest absolute Gasteiger partial charge is 0.416 e. The monoisotopic (exact) mass is 361 g/mol. The quantitative estimate of drug-likeness (QED) is 0.904. The Morgan fingerprint density at radius 2 is 2.00 bits per heavy atom. The highest BCUT2D eigenvalue weighted by Gasteiger charge is 2.35. The molecule has 0 bridgehead atoms. The van der Waals surface area contributed by atoms with Gasteiger partial charge in [0.05, 0.1) is 11.3 Å². The molecule has 2 rings (SSSR count). The van der Waals surface area contributed by atoms with Gasteiger partial charge in [-0.2, -0.15) is 18.3 Å². The molecule has 114 valence electrons. The van der Waals surface area contributed by atoms with Crippen molar-refractivity contribution >= 4 is 15.9 Å². The van der Waals surface area contributed by atoms with Crippen molar-refractivity contribution in [3.63, 3.8) is 0 Å². The van der Waals surface area contributed by atoms with Crippen LogP contribution in [0.15, 0.2) is 28.7 Å². The Labute approximate surface area is 129 Å². The van der Waals surface area contributed by atoms with E-state index in [0.29, 0.717) is 10.9 Å². The van der Waals surface area contributed by atoms with Crippen LogP contribution in [0.3, 0.4) is 0 Å².